The van der Waals surface area contributed by atoms with Gasteiger partial charge in [-0.2, -0.15) is 8.42 Å². The molecule has 3 amide bonds. The second kappa shape index (κ2) is 34.3. The van der Waals surface area contributed by atoms with Gasteiger partial charge in [0, 0.05) is 54.4 Å². The molecule has 0 aliphatic heterocycles. The number of nitrogens with zero attached hydrogens (tertiary/aromatic N) is 8. The summed E-state index contributed by atoms with van der Waals surface area (Å²) in [7, 11) is -7.80. The van der Waals surface area contributed by atoms with E-state index in [2.05, 4.69) is 118 Å². The van der Waals surface area contributed by atoms with Gasteiger partial charge in [-0.3, -0.25) is 28.3 Å². The van der Waals surface area contributed by atoms with E-state index >= 15 is 0 Å². The van der Waals surface area contributed by atoms with Crippen LogP contribution in [0.3, 0.4) is 0 Å². The van der Waals surface area contributed by atoms with Crippen LogP contribution in [0.5, 0.6) is 0 Å². The summed E-state index contributed by atoms with van der Waals surface area (Å²) in [6, 6.07) is 43.0. The number of nitrogen functional groups attached to an aromatic ring is 1. The third kappa shape index (κ3) is 21.2. The number of nitrogens with one attached hydrogen (secondary N) is 3. The highest BCUT2D eigenvalue weighted by Crippen LogP contribution is 2.28. The maximum absolute atomic E-state index is 12.4. The van der Waals surface area contributed by atoms with Crippen LogP contribution in [0.25, 0.3) is 33.4 Å². The fraction of sp³-hybridized carbons (Fsp3) is 0.333. The first-order chi connectivity index (χ1) is 46.5. The van der Waals surface area contributed by atoms with E-state index in [1.165, 1.54) is 41.0 Å². The third-order valence-electron chi connectivity index (χ3n) is 15.5. The normalized spacial score (nSPS) is 11.3. The second-order valence-corrected chi connectivity index (χ2v) is 28.2. The van der Waals surface area contributed by atoms with E-state index < -0.39 is 31.8 Å². The molecule has 23 heteroatoms. The van der Waals surface area contributed by atoms with Crippen molar-refractivity contribution in [3.8, 4) is 17.6 Å². The van der Waals surface area contributed by atoms with Crippen molar-refractivity contribution in [2.75, 3.05) is 25.4 Å². The molecule has 0 saturated heterocycles. The highest BCUT2D eigenvalue weighted by Gasteiger charge is 2.21. The van der Waals surface area contributed by atoms with Crippen molar-refractivity contribution in [1.29, 1.82) is 5.26 Å². The molecule has 0 atom stereocenters. The number of anilines is 1. The SMILES string of the molecule is CCCc1nc2c(C)nc(C)cc2n1-c1ccc(CCN)cc1.CCCc1nc2c(C)nc(C)cc2n1-c1ccc(CCNC(=O)NS(=O)(=O)c2ccc(C)cc2)cc1.Cc1cc(Cc2ccc(CCNC(=O)OC(C)(C)C)cc2)c(N)c(C)n1.Cc1ccc(S(=O)(=O)OC#N)cc1. The number of amides is 3. The van der Waals surface area contributed by atoms with Crippen molar-refractivity contribution in [3.63, 3.8) is 0 Å². The Bertz CT molecular complexity index is 4640. The molecule has 0 radical (unpaired) electrons. The van der Waals surface area contributed by atoms with E-state index in [9.17, 15) is 26.4 Å². The lowest BCUT2D eigenvalue weighted by atomic mass is 10.0. The van der Waals surface area contributed by atoms with Gasteiger partial charge in [0.25, 0.3) is 10.0 Å². The van der Waals surface area contributed by atoms with Gasteiger partial charge in [0.15, 0.2) is 0 Å². The summed E-state index contributed by atoms with van der Waals surface area (Å²) in [5.41, 5.74) is 31.8. The van der Waals surface area contributed by atoms with Gasteiger partial charge in [-0.15, -0.1) is 5.26 Å². The first-order valence-electron chi connectivity index (χ1n) is 32.6. The largest absolute Gasteiger partial charge is 0.444 e. The van der Waals surface area contributed by atoms with Crippen LogP contribution >= 0.6 is 0 Å². The molecule has 10 aromatic rings. The number of nitrogens with two attached hydrogens (primary N) is 2. The Labute approximate surface area is 576 Å². The topological polar surface area (TPSA) is 307 Å². The second-order valence-electron chi connectivity index (χ2n) is 25.0. The van der Waals surface area contributed by atoms with Gasteiger partial charge in [-0.1, -0.05) is 97.8 Å². The van der Waals surface area contributed by atoms with E-state index in [4.69, 9.17) is 31.4 Å². The zero-order valence-corrected chi connectivity index (χ0v) is 60.0. The molecule has 0 spiro atoms. The van der Waals surface area contributed by atoms with Gasteiger partial charge in [0.2, 0.25) is 0 Å². The van der Waals surface area contributed by atoms with Crippen molar-refractivity contribution in [2.45, 2.75) is 157 Å². The summed E-state index contributed by atoms with van der Waals surface area (Å²) in [5, 5.41) is 13.5. The molecule has 516 valence electrons. The van der Waals surface area contributed by atoms with Gasteiger partial charge in [0.05, 0.1) is 38.7 Å². The Morgan fingerprint density at radius 1 is 0.541 bits per heavy atom. The lowest BCUT2D eigenvalue weighted by Gasteiger charge is -2.19. The molecule has 5 heterocycles. The number of aryl methyl sites for hydroxylation is 10. The number of imidazole rings is 2. The van der Waals surface area contributed by atoms with Gasteiger partial charge in [-0.25, -0.2) is 32.7 Å². The molecule has 98 heavy (non-hydrogen) atoms. The van der Waals surface area contributed by atoms with Crippen molar-refractivity contribution < 1.29 is 35.3 Å². The molecule has 0 bridgehead atoms. The number of aromatic nitrogens is 7. The van der Waals surface area contributed by atoms with Crippen LogP contribution in [0.4, 0.5) is 15.3 Å². The molecule has 0 fully saturated rings. The number of carbonyl (C=O) groups excluding carboxylic acids is 2. The first kappa shape index (κ1) is 75.4. The minimum absolute atomic E-state index is 0.0142. The number of fused-ring (bicyclic) bond motifs is 2. The lowest BCUT2D eigenvalue weighted by Crippen LogP contribution is -2.40. The highest BCUT2D eigenvalue weighted by atomic mass is 32.2. The number of carbonyl (C=O) groups is 2. The average molecular weight is 1370 g/mol. The van der Waals surface area contributed by atoms with Crippen LogP contribution in [0.15, 0.2) is 149 Å². The van der Waals surface area contributed by atoms with Crippen molar-refractivity contribution in [2.24, 2.45) is 5.73 Å². The van der Waals surface area contributed by atoms with E-state index in [0.717, 1.165) is 158 Å². The smallest absolute Gasteiger partial charge is 0.407 e. The summed E-state index contributed by atoms with van der Waals surface area (Å²) in [6.45, 7) is 27.1. The van der Waals surface area contributed by atoms with Crippen molar-refractivity contribution in [1.82, 2.24) is 49.4 Å². The first-order valence-corrected chi connectivity index (χ1v) is 35.5. The van der Waals surface area contributed by atoms with Crippen LogP contribution in [0.2, 0.25) is 0 Å². The van der Waals surface area contributed by atoms with Crippen LogP contribution in [-0.2, 0) is 67.6 Å². The fourth-order valence-corrected chi connectivity index (χ4v) is 12.4. The Kier molecular flexibility index (Phi) is 26.4. The number of hydrogen-bond acceptors (Lipinski definition) is 16. The number of urea groups is 1. The number of pyridine rings is 3. The number of ether oxygens (including phenoxy) is 1. The summed E-state index contributed by atoms with van der Waals surface area (Å²) in [5.74, 6) is 2.11. The number of hydrogen-bond donors (Lipinski definition) is 5. The molecule has 0 unspecified atom stereocenters. The summed E-state index contributed by atoms with van der Waals surface area (Å²) >= 11 is 0. The van der Waals surface area contributed by atoms with Crippen molar-refractivity contribution >= 4 is 60.0 Å². The van der Waals surface area contributed by atoms with Gasteiger partial charge >= 0.3 is 28.5 Å². The molecular weight excluding hydrogens is 1280 g/mol. The third-order valence-corrected chi connectivity index (χ3v) is 18.0. The summed E-state index contributed by atoms with van der Waals surface area (Å²) < 4.78 is 62.6. The Balaban J connectivity index is 0.000000194. The molecular formula is C75H91N13O8S2. The molecule has 5 aromatic carbocycles. The molecule has 10 rings (SSSR count). The predicted octanol–water partition coefficient (Wildman–Crippen LogP) is 13.1. The zero-order chi connectivity index (χ0) is 71.5. The highest BCUT2D eigenvalue weighted by molar-refractivity contribution is 7.90. The number of alkyl carbamates (subject to hydrolysis) is 1. The molecule has 0 aliphatic carbocycles. The monoisotopic (exact) mass is 1370 g/mol. The number of sulfonamides is 1. The van der Waals surface area contributed by atoms with Gasteiger partial charge in [0.1, 0.15) is 33.2 Å². The number of rotatable bonds is 20. The van der Waals surface area contributed by atoms with Crippen LogP contribution < -0.4 is 26.8 Å². The van der Waals surface area contributed by atoms with Gasteiger partial charge in [-0.05, 0) is 216 Å². The quantitative estimate of drug-likeness (QED) is 0.0350. The zero-order valence-electron chi connectivity index (χ0n) is 58.4. The Morgan fingerprint density at radius 2 is 0.959 bits per heavy atom. The van der Waals surface area contributed by atoms with Gasteiger partial charge < -0.3 is 26.8 Å². The molecule has 21 nitrogen and oxygen atoms in total. The molecule has 0 aliphatic rings. The standard InChI is InChI=1S/C27H31N5O3S.C21H29N3O2.C19H24N4.C8H7NO3S/c1-5-6-25-30-26-20(4)29-19(3)17-24(26)32(25)22-11-9-21(10-12-22)15-16-28-27(33)31-36(34,35)23-13-7-18(2)8-14-23;1-14-12-18(19(22)15(2)24-14)13-17-8-6-16(7-9-17)10-11-23-20(25)26-21(3,4)5;1-4-5-18-22-19-14(3)21-13(2)12-17(19)23(18)16-8-6-15(7-9-16)10-11-20;1-7-2-4-8(5-3-7)13(10,11)12-6-9/h7-14,17H,5-6,15-16H2,1-4H3,(H2,28,31,33);6-9,12H,10-11,13,22H2,1-5H3,(H,23,25);6-9,12H,4-5,10-11,20H2,1-3H3;2-5H,1H3. The van der Waals surface area contributed by atoms with E-state index in [1.807, 2.05) is 106 Å². The van der Waals surface area contributed by atoms with E-state index in [1.54, 1.807) is 24.3 Å². The number of nitriles is 1. The van der Waals surface area contributed by atoms with Crippen LogP contribution in [0.1, 0.15) is 132 Å². The van der Waals surface area contributed by atoms with Crippen molar-refractivity contribution in [3.05, 3.63) is 224 Å². The number of benzene rings is 5. The lowest BCUT2D eigenvalue weighted by molar-refractivity contribution is 0.0528. The van der Waals surface area contributed by atoms with E-state index in [0.29, 0.717) is 26.1 Å². The van der Waals surface area contributed by atoms with E-state index in [-0.39, 0.29) is 15.9 Å². The Morgan fingerprint density at radius 3 is 1.41 bits per heavy atom. The molecule has 7 N–H and O–H groups in total. The Hall–Kier alpha value is -10.0. The van der Waals surface area contributed by atoms with Crippen LogP contribution in [0, 0.1) is 66.9 Å². The molecule has 0 saturated carbocycles. The average Bonchev–Trinajstić information content (AvgIpc) is 1.62. The maximum atomic E-state index is 12.4. The molecule has 5 aromatic heterocycles. The summed E-state index contributed by atoms with van der Waals surface area (Å²) in [4.78, 5) is 47.1. The minimum Gasteiger partial charge on any atom is -0.444 e. The minimum atomic E-state index is -3.91. The fourth-order valence-electron chi connectivity index (χ4n) is 10.8. The summed E-state index contributed by atoms with van der Waals surface area (Å²) in [6.07, 6.45) is 7.64. The predicted molar refractivity (Wildman–Crippen MR) is 386 cm³/mol. The maximum Gasteiger partial charge on any atom is 0.407 e. The van der Waals surface area contributed by atoms with Crippen LogP contribution in [-0.4, -0.2) is 88.2 Å².